The maximum absolute atomic E-state index is 13.6. The summed E-state index contributed by atoms with van der Waals surface area (Å²) in [5, 5.41) is 1.97. The summed E-state index contributed by atoms with van der Waals surface area (Å²) >= 11 is 1.51. The number of hydrogen-bond donors (Lipinski definition) is 0. The van der Waals surface area contributed by atoms with Crippen LogP contribution < -0.4 is 0 Å². The third-order valence-electron chi connectivity index (χ3n) is 6.43. The summed E-state index contributed by atoms with van der Waals surface area (Å²) in [5.74, 6) is 0.572. The van der Waals surface area contributed by atoms with Crippen molar-refractivity contribution in [3.05, 3.63) is 71.3 Å². The van der Waals surface area contributed by atoms with Gasteiger partial charge < -0.3 is 4.57 Å². The third kappa shape index (κ3) is 3.83. The van der Waals surface area contributed by atoms with E-state index in [1.54, 1.807) is 0 Å². The molecule has 2 heterocycles. The number of rotatable bonds is 3. The molecule has 1 amide bonds. The second-order valence-electron chi connectivity index (χ2n) is 8.56. The normalized spacial score (nSPS) is 24.6. The van der Waals surface area contributed by atoms with Crippen LogP contribution in [0.3, 0.4) is 0 Å². The van der Waals surface area contributed by atoms with Crippen LogP contribution in [0.5, 0.6) is 0 Å². The molecule has 158 valence electrons. The first-order valence-corrected chi connectivity index (χ1v) is 11.8. The van der Waals surface area contributed by atoms with Crippen molar-refractivity contribution in [2.75, 3.05) is 0 Å². The number of aliphatic imine (C=N–C) groups is 1. The smallest absolute Gasteiger partial charge is 0.267 e. The lowest BCUT2D eigenvalue weighted by Gasteiger charge is -2.35. The summed E-state index contributed by atoms with van der Waals surface area (Å²) in [7, 11) is 2.05. The zero-order valence-corrected chi connectivity index (χ0v) is 18.8. The number of fused-ring (bicyclic) bond motifs is 1. The van der Waals surface area contributed by atoms with Crippen molar-refractivity contribution in [1.82, 2.24) is 9.47 Å². The monoisotopic (exact) mass is 429 g/mol. The Morgan fingerprint density at radius 1 is 1.03 bits per heavy atom. The standard InChI is InChI=1S/C26H27N3OS/c1-18-10-6-8-14-22(18)29-25(30)24(31-26(29)27-20-11-4-3-5-12-20)16-19-17-28(2)23-15-9-7-13-21(19)23/h3-5,7,9,11-13,15-18,22H,6,8,10,14H2,1-2H3/b24-16-,27-26?/t18-,22-/m1/s1. The van der Waals surface area contributed by atoms with E-state index in [9.17, 15) is 4.79 Å². The fraction of sp³-hybridized carbons (Fsp3) is 0.308. The van der Waals surface area contributed by atoms with Crippen molar-refractivity contribution in [2.24, 2.45) is 18.0 Å². The van der Waals surface area contributed by atoms with Gasteiger partial charge in [-0.05, 0) is 54.8 Å². The molecule has 31 heavy (non-hydrogen) atoms. The highest BCUT2D eigenvalue weighted by Crippen LogP contribution is 2.40. The van der Waals surface area contributed by atoms with Gasteiger partial charge in [-0.2, -0.15) is 0 Å². The van der Waals surface area contributed by atoms with E-state index in [0.717, 1.165) is 33.1 Å². The van der Waals surface area contributed by atoms with Crippen LogP contribution in [-0.2, 0) is 11.8 Å². The number of carbonyl (C=O) groups is 1. The van der Waals surface area contributed by atoms with Crippen LogP contribution in [0, 0.1) is 5.92 Å². The van der Waals surface area contributed by atoms with Gasteiger partial charge in [0.05, 0.1) is 10.6 Å². The second-order valence-corrected chi connectivity index (χ2v) is 9.57. The van der Waals surface area contributed by atoms with Crippen molar-refractivity contribution in [3.63, 3.8) is 0 Å². The zero-order valence-electron chi connectivity index (χ0n) is 18.0. The Labute approximate surface area is 187 Å². The molecule has 0 radical (unpaired) electrons. The quantitative estimate of drug-likeness (QED) is 0.454. The third-order valence-corrected chi connectivity index (χ3v) is 7.41. The highest BCUT2D eigenvalue weighted by atomic mass is 32.2. The predicted octanol–water partition coefficient (Wildman–Crippen LogP) is 6.36. The van der Waals surface area contributed by atoms with Crippen molar-refractivity contribution in [1.29, 1.82) is 0 Å². The van der Waals surface area contributed by atoms with Crippen LogP contribution in [0.1, 0.15) is 38.2 Å². The number of aromatic nitrogens is 1. The van der Waals surface area contributed by atoms with Gasteiger partial charge in [0.15, 0.2) is 5.17 Å². The summed E-state index contributed by atoms with van der Waals surface area (Å²) in [6.45, 7) is 2.27. The van der Waals surface area contributed by atoms with Gasteiger partial charge in [-0.15, -0.1) is 0 Å². The van der Waals surface area contributed by atoms with Crippen LogP contribution >= 0.6 is 11.8 Å². The molecule has 0 bridgehead atoms. The molecule has 2 atom stereocenters. The number of amidine groups is 1. The lowest BCUT2D eigenvalue weighted by Crippen LogP contribution is -2.44. The molecule has 0 spiro atoms. The van der Waals surface area contributed by atoms with Gasteiger partial charge in [-0.25, -0.2) is 4.99 Å². The number of para-hydroxylation sites is 2. The number of carbonyl (C=O) groups excluding carboxylic acids is 1. The first kappa shape index (κ1) is 20.1. The van der Waals surface area contributed by atoms with Crippen molar-refractivity contribution < 1.29 is 4.79 Å². The van der Waals surface area contributed by atoms with Gasteiger partial charge in [0.25, 0.3) is 5.91 Å². The average molecular weight is 430 g/mol. The van der Waals surface area contributed by atoms with Crippen molar-refractivity contribution in [2.45, 2.75) is 38.6 Å². The molecule has 1 aliphatic carbocycles. The van der Waals surface area contributed by atoms with Gasteiger partial charge in [0.1, 0.15) is 0 Å². The molecule has 0 N–H and O–H groups in total. The minimum atomic E-state index is 0.0892. The Hall–Kier alpha value is -2.79. The minimum Gasteiger partial charge on any atom is -0.350 e. The van der Waals surface area contributed by atoms with Crippen LogP contribution in [0.2, 0.25) is 0 Å². The summed E-state index contributed by atoms with van der Waals surface area (Å²) in [6, 6.07) is 18.5. The molecule has 3 aromatic rings. The fourth-order valence-electron chi connectivity index (χ4n) is 4.78. The number of nitrogens with zero attached hydrogens (tertiary/aromatic N) is 3. The number of hydrogen-bond acceptors (Lipinski definition) is 3. The molecule has 2 aliphatic rings. The Balaban J connectivity index is 1.57. The van der Waals surface area contributed by atoms with Gasteiger partial charge in [0.2, 0.25) is 0 Å². The molecule has 2 aromatic carbocycles. The topological polar surface area (TPSA) is 37.6 Å². The Morgan fingerprint density at radius 2 is 1.77 bits per heavy atom. The zero-order chi connectivity index (χ0) is 21.4. The fourth-order valence-corrected chi connectivity index (χ4v) is 5.82. The van der Waals surface area contributed by atoms with E-state index in [1.807, 2.05) is 60.5 Å². The van der Waals surface area contributed by atoms with E-state index >= 15 is 0 Å². The lowest BCUT2D eigenvalue weighted by atomic mass is 9.85. The second kappa shape index (κ2) is 8.39. The van der Waals surface area contributed by atoms with E-state index in [4.69, 9.17) is 4.99 Å². The molecule has 2 fully saturated rings. The molecule has 4 nitrogen and oxygen atoms in total. The van der Waals surface area contributed by atoms with Crippen LogP contribution in [0.15, 0.2) is 70.7 Å². The Kier molecular flexibility index (Phi) is 5.45. The van der Waals surface area contributed by atoms with Gasteiger partial charge in [0, 0.05) is 35.8 Å². The summed E-state index contributed by atoms with van der Waals surface area (Å²) < 4.78 is 2.12. The van der Waals surface area contributed by atoms with Crippen molar-refractivity contribution >= 4 is 45.5 Å². The van der Waals surface area contributed by atoms with Crippen LogP contribution in [-0.4, -0.2) is 26.6 Å². The molecular formula is C26H27N3OS. The van der Waals surface area contributed by atoms with Crippen molar-refractivity contribution in [3.8, 4) is 0 Å². The van der Waals surface area contributed by atoms with E-state index in [1.165, 1.54) is 36.5 Å². The van der Waals surface area contributed by atoms with Gasteiger partial charge in [-0.3, -0.25) is 9.69 Å². The first-order valence-electron chi connectivity index (χ1n) is 11.0. The number of thioether (sulfide) groups is 1. The summed E-state index contributed by atoms with van der Waals surface area (Å²) in [6.07, 6.45) is 8.78. The molecule has 1 saturated carbocycles. The molecule has 5 rings (SSSR count). The number of benzene rings is 2. The predicted molar refractivity (Wildman–Crippen MR) is 130 cm³/mol. The lowest BCUT2D eigenvalue weighted by molar-refractivity contribution is -0.124. The molecule has 1 aromatic heterocycles. The average Bonchev–Trinajstić information content (AvgIpc) is 3.26. The minimum absolute atomic E-state index is 0.0892. The van der Waals surface area contributed by atoms with Gasteiger partial charge in [-0.1, -0.05) is 56.2 Å². The van der Waals surface area contributed by atoms with E-state index in [0.29, 0.717) is 5.92 Å². The SMILES string of the molecule is C[C@@H]1CCCC[C@H]1N1C(=O)/C(=C/c2cn(C)c3ccccc23)SC1=Nc1ccccc1. The largest absolute Gasteiger partial charge is 0.350 e. The van der Waals surface area contributed by atoms with Gasteiger partial charge >= 0.3 is 0 Å². The van der Waals surface area contributed by atoms with Crippen LogP contribution in [0.4, 0.5) is 5.69 Å². The molecule has 5 heteroatoms. The van der Waals surface area contributed by atoms with E-state index in [2.05, 4.69) is 29.8 Å². The first-order chi connectivity index (χ1) is 15.1. The Bertz CT molecular complexity index is 1180. The summed E-state index contributed by atoms with van der Waals surface area (Å²) in [5.41, 5.74) is 3.13. The molecule has 0 unspecified atom stereocenters. The number of amides is 1. The maximum Gasteiger partial charge on any atom is 0.267 e. The Morgan fingerprint density at radius 3 is 2.58 bits per heavy atom. The summed E-state index contributed by atoms with van der Waals surface area (Å²) in [4.78, 5) is 21.3. The molecule has 1 saturated heterocycles. The maximum atomic E-state index is 13.6. The van der Waals surface area contributed by atoms with E-state index in [-0.39, 0.29) is 11.9 Å². The highest BCUT2D eigenvalue weighted by Gasteiger charge is 2.41. The highest BCUT2D eigenvalue weighted by molar-refractivity contribution is 8.18. The number of aryl methyl sites for hydroxylation is 1. The molecule has 1 aliphatic heterocycles. The molecular weight excluding hydrogens is 402 g/mol. The van der Waals surface area contributed by atoms with E-state index < -0.39 is 0 Å². The van der Waals surface area contributed by atoms with Crippen LogP contribution in [0.25, 0.3) is 17.0 Å².